The van der Waals surface area contributed by atoms with Crippen molar-refractivity contribution in [1.29, 1.82) is 0 Å². The Morgan fingerprint density at radius 2 is 2.00 bits per heavy atom. The summed E-state index contributed by atoms with van der Waals surface area (Å²) >= 11 is 1.87. The zero-order valence-electron chi connectivity index (χ0n) is 13.8. The predicted molar refractivity (Wildman–Crippen MR) is 95.5 cm³/mol. The van der Waals surface area contributed by atoms with Crippen LogP contribution in [-0.4, -0.2) is 29.0 Å². The van der Waals surface area contributed by atoms with Crippen LogP contribution in [0.5, 0.6) is 0 Å². The molecule has 2 aromatic rings. The average Bonchev–Trinajstić information content (AvgIpc) is 3.19. The molecule has 0 aromatic carbocycles. The number of rotatable bonds is 3. The third kappa shape index (κ3) is 2.31. The van der Waals surface area contributed by atoms with E-state index in [0.717, 1.165) is 35.9 Å². The van der Waals surface area contributed by atoms with Crippen LogP contribution >= 0.6 is 11.3 Å². The first kappa shape index (κ1) is 14.6. The van der Waals surface area contributed by atoms with Crippen LogP contribution in [0.2, 0.25) is 0 Å². The van der Waals surface area contributed by atoms with E-state index in [0.29, 0.717) is 12.5 Å². The molecule has 2 aliphatic carbocycles. The van der Waals surface area contributed by atoms with Gasteiger partial charge in [0.2, 0.25) is 5.91 Å². The lowest BCUT2D eigenvalue weighted by Gasteiger charge is -2.20. The summed E-state index contributed by atoms with van der Waals surface area (Å²) in [4.78, 5) is 26.4. The number of fused-ring (bicyclic) bond motifs is 3. The van der Waals surface area contributed by atoms with Gasteiger partial charge in [0.25, 0.3) is 0 Å². The van der Waals surface area contributed by atoms with Crippen LogP contribution in [0.3, 0.4) is 0 Å². The SMILES string of the molecule is NC(=O)C1CCN(c2nc(C3CC3)nc3sc4c(c23)CCCC4)C1. The van der Waals surface area contributed by atoms with Gasteiger partial charge in [-0.25, -0.2) is 9.97 Å². The van der Waals surface area contributed by atoms with Crippen LogP contribution in [0.1, 0.15) is 54.3 Å². The summed E-state index contributed by atoms with van der Waals surface area (Å²) in [5.41, 5.74) is 7.01. The molecule has 2 N–H and O–H groups in total. The standard InChI is InChI=1S/C18H22N4OS/c19-15(23)11-7-8-22(9-11)17-14-12-3-1-2-4-13(12)24-18(14)21-16(20-17)10-5-6-10/h10-11H,1-9H2,(H2,19,23). The molecule has 1 aliphatic heterocycles. The Bertz CT molecular complexity index is 826. The molecular weight excluding hydrogens is 320 g/mol. The second-order valence-corrected chi connectivity index (χ2v) is 8.49. The molecule has 1 unspecified atom stereocenters. The number of amides is 1. The van der Waals surface area contributed by atoms with Gasteiger partial charge in [-0.15, -0.1) is 11.3 Å². The highest BCUT2D eigenvalue weighted by Gasteiger charge is 2.33. The van der Waals surface area contributed by atoms with E-state index in [1.807, 2.05) is 11.3 Å². The first-order chi connectivity index (χ1) is 11.7. The van der Waals surface area contributed by atoms with Crippen LogP contribution in [-0.2, 0) is 17.6 Å². The van der Waals surface area contributed by atoms with Gasteiger partial charge in [0.05, 0.1) is 11.3 Å². The molecular formula is C18H22N4OS. The van der Waals surface area contributed by atoms with Crippen LogP contribution in [0.4, 0.5) is 5.82 Å². The Hall–Kier alpha value is -1.69. The zero-order chi connectivity index (χ0) is 16.3. The molecule has 2 fully saturated rings. The highest BCUT2D eigenvalue weighted by atomic mass is 32.1. The second-order valence-electron chi connectivity index (χ2n) is 7.40. The topological polar surface area (TPSA) is 72.1 Å². The number of aryl methyl sites for hydroxylation is 2. The van der Waals surface area contributed by atoms with E-state index < -0.39 is 0 Å². The van der Waals surface area contributed by atoms with Gasteiger partial charge in [-0.3, -0.25) is 4.79 Å². The van der Waals surface area contributed by atoms with Gasteiger partial charge in [-0.1, -0.05) is 0 Å². The molecule has 1 amide bonds. The van der Waals surface area contributed by atoms with Gasteiger partial charge in [0, 0.05) is 23.9 Å². The molecule has 1 saturated carbocycles. The van der Waals surface area contributed by atoms with Crippen molar-refractivity contribution in [1.82, 2.24) is 9.97 Å². The van der Waals surface area contributed by atoms with Crippen molar-refractivity contribution in [2.24, 2.45) is 11.7 Å². The van der Waals surface area contributed by atoms with Crippen molar-refractivity contribution in [3.8, 4) is 0 Å². The molecule has 24 heavy (non-hydrogen) atoms. The summed E-state index contributed by atoms with van der Waals surface area (Å²) in [5, 5.41) is 1.27. The number of thiophene rings is 1. The first-order valence-corrected chi connectivity index (χ1v) is 9.89. The van der Waals surface area contributed by atoms with Crippen molar-refractivity contribution < 1.29 is 4.79 Å². The Morgan fingerprint density at radius 1 is 1.17 bits per heavy atom. The van der Waals surface area contributed by atoms with E-state index in [-0.39, 0.29) is 11.8 Å². The number of primary amides is 1. The molecule has 0 spiro atoms. The Morgan fingerprint density at radius 3 is 2.75 bits per heavy atom. The van der Waals surface area contributed by atoms with Gasteiger partial charge in [0.15, 0.2) is 0 Å². The fourth-order valence-corrected chi connectivity index (χ4v) is 5.35. The normalized spacial score (nSPS) is 23.7. The number of hydrogen-bond donors (Lipinski definition) is 1. The Kier molecular flexibility index (Phi) is 3.30. The number of carbonyl (C=O) groups is 1. The van der Waals surface area contributed by atoms with Crippen LogP contribution in [0.25, 0.3) is 10.2 Å². The van der Waals surface area contributed by atoms with Crippen molar-refractivity contribution >= 4 is 33.3 Å². The molecule has 5 nitrogen and oxygen atoms in total. The number of aromatic nitrogens is 2. The number of nitrogens with two attached hydrogens (primary N) is 1. The van der Waals surface area contributed by atoms with Gasteiger partial charge >= 0.3 is 0 Å². The van der Waals surface area contributed by atoms with Gasteiger partial charge < -0.3 is 10.6 Å². The summed E-state index contributed by atoms with van der Waals surface area (Å²) in [6.07, 6.45) is 8.12. The lowest BCUT2D eigenvalue weighted by Crippen LogP contribution is -2.28. The molecule has 6 heteroatoms. The fourth-order valence-electron chi connectivity index (χ4n) is 4.09. The maximum atomic E-state index is 11.6. The smallest absolute Gasteiger partial charge is 0.222 e. The fraction of sp³-hybridized carbons (Fsp3) is 0.611. The third-order valence-electron chi connectivity index (χ3n) is 5.65. The number of nitrogens with zero attached hydrogens (tertiary/aromatic N) is 3. The minimum absolute atomic E-state index is 0.0474. The summed E-state index contributed by atoms with van der Waals surface area (Å²) in [6.45, 7) is 1.57. The highest BCUT2D eigenvalue weighted by Crippen LogP contribution is 2.44. The minimum Gasteiger partial charge on any atom is -0.369 e. The summed E-state index contributed by atoms with van der Waals surface area (Å²) in [6, 6.07) is 0. The van der Waals surface area contributed by atoms with Gasteiger partial charge in [-0.2, -0.15) is 0 Å². The molecule has 5 rings (SSSR count). The first-order valence-electron chi connectivity index (χ1n) is 9.07. The van der Waals surface area contributed by atoms with Gasteiger partial charge in [-0.05, 0) is 50.5 Å². The predicted octanol–water partition coefficient (Wildman–Crippen LogP) is 2.76. The lowest BCUT2D eigenvalue weighted by atomic mass is 9.97. The Labute approximate surface area is 145 Å². The monoisotopic (exact) mass is 342 g/mol. The average molecular weight is 342 g/mol. The molecule has 1 saturated heterocycles. The molecule has 0 bridgehead atoms. The second kappa shape index (κ2) is 5.41. The summed E-state index contributed by atoms with van der Waals surface area (Å²) in [5.74, 6) is 2.40. The van der Waals surface area contributed by atoms with Crippen molar-refractivity contribution in [2.75, 3.05) is 18.0 Å². The maximum Gasteiger partial charge on any atom is 0.222 e. The lowest BCUT2D eigenvalue weighted by molar-refractivity contribution is -0.121. The van der Waals surface area contributed by atoms with E-state index >= 15 is 0 Å². The van der Waals surface area contributed by atoms with Crippen LogP contribution in [0, 0.1) is 5.92 Å². The third-order valence-corrected chi connectivity index (χ3v) is 6.83. The highest BCUT2D eigenvalue weighted by molar-refractivity contribution is 7.19. The van der Waals surface area contributed by atoms with Crippen molar-refractivity contribution in [2.45, 2.75) is 50.9 Å². The largest absolute Gasteiger partial charge is 0.369 e. The number of carbonyl (C=O) groups excluding carboxylic acids is 1. The minimum atomic E-state index is -0.183. The van der Waals surface area contributed by atoms with E-state index in [1.54, 1.807) is 0 Å². The van der Waals surface area contributed by atoms with E-state index in [1.165, 1.54) is 47.9 Å². The van der Waals surface area contributed by atoms with Crippen LogP contribution < -0.4 is 10.6 Å². The molecule has 0 radical (unpaired) electrons. The van der Waals surface area contributed by atoms with Crippen LogP contribution in [0.15, 0.2) is 0 Å². The van der Waals surface area contributed by atoms with E-state index in [2.05, 4.69) is 4.90 Å². The number of hydrogen-bond acceptors (Lipinski definition) is 5. The molecule has 3 heterocycles. The summed E-state index contributed by atoms with van der Waals surface area (Å²) < 4.78 is 0. The number of anilines is 1. The quantitative estimate of drug-likeness (QED) is 0.931. The van der Waals surface area contributed by atoms with E-state index in [9.17, 15) is 4.79 Å². The summed E-state index contributed by atoms with van der Waals surface area (Å²) in [7, 11) is 0. The molecule has 3 aliphatic rings. The maximum absolute atomic E-state index is 11.6. The van der Waals surface area contributed by atoms with Crippen molar-refractivity contribution in [3.05, 3.63) is 16.3 Å². The molecule has 2 aromatic heterocycles. The Balaban J connectivity index is 1.65. The van der Waals surface area contributed by atoms with E-state index in [4.69, 9.17) is 15.7 Å². The van der Waals surface area contributed by atoms with Crippen molar-refractivity contribution in [3.63, 3.8) is 0 Å². The van der Waals surface area contributed by atoms with Gasteiger partial charge in [0.1, 0.15) is 16.5 Å². The molecule has 126 valence electrons. The molecule has 1 atom stereocenters. The zero-order valence-corrected chi connectivity index (χ0v) is 14.6.